The van der Waals surface area contributed by atoms with Crippen LogP contribution in [0.5, 0.6) is 0 Å². The quantitative estimate of drug-likeness (QED) is 0.584. The third kappa shape index (κ3) is 6.05. The number of nitrogens with zero attached hydrogens (tertiary/aromatic N) is 1. The van der Waals surface area contributed by atoms with E-state index in [9.17, 15) is 0 Å². The average Bonchev–Trinajstić information content (AvgIpc) is 2.14. The lowest BCUT2D eigenvalue weighted by Gasteiger charge is -2.25. The van der Waals surface area contributed by atoms with Crippen LogP contribution in [-0.2, 0) is 0 Å². The molecule has 0 spiro atoms. The fourth-order valence-electron chi connectivity index (χ4n) is 1.72. The molecular formula is C11H26N2. The van der Waals surface area contributed by atoms with Crippen LogP contribution in [0.2, 0.25) is 0 Å². The SMILES string of the molecule is CCNCCCN(C)C(CC)CC. The Morgan fingerprint density at radius 2 is 1.77 bits per heavy atom. The van der Waals surface area contributed by atoms with Crippen molar-refractivity contribution in [1.29, 1.82) is 0 Å². The topological polar surface area (TPSA) is 15.3 Å². The molecule has 2 nitrogen and oxygen atoms in total. The van der Waals surface area contributed by atoms with Crippen molar-refractivity contribution in [3.63, 3.8) is 0 Å². The lowest BCUT2D eigenvalue weighted by atomic mass is 10.1. The van der Waals surface area contributed by atoms with Crippen molar-refractivity contribution in [2.45, 2.75) is 46.1 Å². The van der Waals surface area contributed by atoms with Gasteiger partial charge in [-0.25, -0.2) is 0 Å². The van der Waals surface area contributed by atoms with Crippen LogP contribution in [0, 0.1) is 0 Å². The van der Waals surface area contributed by atoms with Gasteiger partial charge in [-0.15, -0.1) is 0 Å². The van der Waals surface area contributed by atoms with Gasteiger partial charge in [0.25, 0.3) is 0 Å². The molecule has 0 aliphatic heterocycles. The molecule has 0 aliphatic carbocycles. The molecule has 0 saturated carbocycles. The Labute approximate surface area is 83.7 Å². The van der Waals surface area contributed by atoms with E-state index < -0.39 is 0 Å². The summed E-state index contributed by atoms with van der Waals surface area (Å²) in [5.41, 5.74) is 0. The van der Waals surface area contributed by atoms with Gasteiger partial charge in [0, 0.05) is 6.04 Å². The largest absolute Gasteiger partial charge is 0.317 e. The predicted octanol–water partition coefficient (Wildman–Crippen LogP) is 2.11. The third-order valence-electron chi connectivity index (χ3n) is 2.68. The summed E-state index contributed by atoms with van der Waals surface area (Å²) in [4.78, 5) is 2.48. The number of hydrogen-bond acceptors (Lipinski definition) is 2. The van der Waals surface area contributed by atoms with E-state index in [-0.39, 0.29) is 0 Å². The van der Waals surface area contributed by atoms with Crippen LogP contribution >= 0.6 is 0 Å². The maximum absolute atomic E-state index is 3.35. The molecule has 2 heteroatoms. The first-order valence-electron chi connectivity index (χ1n) is 5.67. The van der Waals surface area contributed by atoms with Crippen LogP contribution in [0.3, 0.4) is 0 Å². The van der Waals surface area contributed by atoms with Crippen LogP contribution in [0.4, 0.5) is 0 Å². The lowest BCUT2D eigenvalue weighted by molar-refractivity contribution is 0.227. The average molecular weight is 186 g/mol. The Balaban J connectivity index is 3.42. The normalized spacial score (nSPS) is 11.5. The minimum atomic E-state index is 0.779. The van der Waals surface area contributed by atoms with E-state index in [1.165, 1.54) is 25.8 Å². The van der Waals surface area contributed by atoms with Crippen LogP contribution in [0.1, 0.15) is 40.0 Å². The highest BCUT2D eigenvalue weighted by atomic mass is 15.1. The molecule has 0 amide bonds. The first kappa shape index (κ1) is 12.9. The maximum atomic E-state index is 3.35. The summed E-state index contributed by atoms with van der Waals surface area (Å²) in [6.07, 6.45) is 3.81. The van der Waals surface area contributed by atoms with Crippen LogP contribution in [-0.4, -0.2) is 37.6 Å². The Morgan fingerprint density at radius 1 is 1.15 bits per heavy atom. The highest BCUT2D eigenvalue weighted by molar-refractivity contribution is 4.65. The Hall–Kier alpha value is -0.0800. The minimum Gasteiger partial charge on any atom is -0.317 e. The second-order valence-corrected chi connectivity index (χ2v) is 3.66. The van der Waals surface area contributed by atoms with Crippen molar-refractivity contribution in [3.8, 4) is 0 Å². The molecule has 0 fully saturated rings. The summed E-state index contributed by atoms with van der Waals surface area (Å²) in [7, 11) is 2.24. The molecular weight excluding hydrogens is 160 g/mol. The van der Waals surface area contributed by atoms with Crippen molar-refractivity contribution < 1.29 is 0 Å². The van der Waals surface area contributed by atoms with Crippen molar-refractivity contribution in [1.82, 2.24) is 10.2 Å². The van der Waals surface area contributed by atoms with E-state index in [1.54, 1.807) is 0 Å². The molecule has 0 rings (SSSR count). The molecule has 13 heavy (non-hydrogen) atoms. The van der Waals surface area contributed by atoms with Crippen molar-refractivity contribution in [3.05, 3.63) is 0 Å². The highest BCUT2D eigenvalue weighted by Gasteiger charge is 2.08. The van der Waals surface area contributed by atoms with Crippen molar-refractivity contribution in [2.24, 2.45) is 0 Å². The van der Waals surface area contributed by atoms with Crippen molar-refractivity contribution >= 4 is 0 Å². The zero-order chi connectivity index (χ0) is 10.1. The molecule has 0 heterocycles. The fourth-order valence-corrected chi connectivity index (χ4v) is 1.72. The van der Waals surface area contributed by atoms with Gasteiger partial charge < -0.3 is 10.2 Å². The van der Waals surface area contributed by atoms with Gasteiger partial charge in [-0.1, -0.05) is 20.8 Å². The number of rotatable bonds is 8. The number of hydrogen-bond donors (Lipinski definition) is 1. The molecule has 0 radical (unpaired) electrons. The Bertz CT molecular complexity index is 100. The standard InChI is InChI=1S/C11H26N2/c1-5-11(6-2)13(4)10-8-9-12-7-3/h11-12H,5-10H2,1-4H3. The van der Waals surface area contributed by atoms with Gasteiger partial charge in [0.2, 0.25) is 0 Å². The van der Waals surface area contributed by atoms with Gasteiger partial charge in [-0.05, 0) is 45.9 Å². The zero-order valence-corrected chi connectivity index (χ0v) is 9.77. The molecule has 0 atom stereocenters. The Kier molecular flexibility index (Phi) is 8.46. The summed E-state index contributed by atoms with van der Waals surface area (Å²) in [6, 6.07) is 0.779. The predicted molar refractivity (Wildman–Crippen MR) is 60.2 cm³/mol. The molecule has 0 aromatic heterocycles. The maximum Gasteiger partial charge on any atom is 0.00869 e. The summed E-state index contributed by atoms with van der Waals surface area (Å²) in [5, 5.41) is 3.35. The zero-order valence-electron chi connectivity index (χ0n) is 9.77. The van der Waals surface area contributed by atoms with E-state index in [0.29, 0.717) is 0 Å². The van der Waals surface area contributed by atoms with Gasteiger partial charge >= 0.3 is 0 Å². The van der Waals surface area contributed by atoms with Crippen LogP contribution in [0.25, 0.3) is 0 Å². The van der Waals surface area contributed by atoms with Gasteiger partial charge in [-0.2, -0.15) is 0 Å². The van der Waals surface area contributed by atoms with E-state index in [4.69, 9.17) is 0 Å². The summed E-state index contributed by atoms with van der Waals surface area (Å²) in [5.74, 6) is 0. The molecule has 80 valence electrons. The van der Waals surface area contributed by atoms with E-state index in [2.05, 4.69) is 38.0 Å². The molecule has 0 bridgehead atoms. The van der Waals surface area contributed by atoms with E-state index >= 15 is 0 Å². The first-order chi connectivity index (χ1) is 6.26. The summed E-state index contributed by atoms with van der Waals surface area (Å²) >= 11 is 0. The molecule has 0 aromatic carbocycles. The van der Waals surface area contributed by atoms with Gasteiger partial charge in [0.1, 0.15) is 0 Å². The third-order valence-corrected chi connectivity index (χ3v) is 2.68. The number of nitrogens with one attached hydrogen (secondary N) is 1. The van der Waals surface area contributed by atoms with Crippen LogP contribution < -0.4 is 5.32 Å². The van der Waals surface area contributed by atoms with E-state index in [1.807, 2.05) is 0 Å². The summed E-state index contributed by atoms with van der Waals surface area (Å²) in [6.45, 7) is 10.2. The molecule has 0 aromatic rings. The first-order valence-corrected chi connectivity index (χ1v) is 5.67. The molecule has 0 aliphatic rings. The highest BCUT2D eigenvalue weighted by Crippen LogP contribution is 2.05. The van der Waals surface area contributed by atoms with Gasteiger partial charge in [0.05, 0.1) is 0 Å². The lowest BCUT2D eigenvalue weighted by Crippen LogP contribution is -2.32. The monoisotopic (exact) mass is 186 g/mol. The second-order valence-electron chi connectivity index (χ2n) is 3.66. The Morgan fingerprint density at radius 3 is 2.23 bits per heavy atom. The second kappa shape index (κ2) is 8.52. The van der Waals surface area contributed by atoms with E-state index in [0.717, 1.165) is 19.1 Å². The smallest absolute Gasteiger partial charge is 0.00869 e. The summed E-state index contributed by atoms with van der Waals surface area (Å²) < 4.78 is 0. The molecule has 1 N–H and O–H groups in total. The van der Waals surface area contributed by atoms with Crippen LogP contribution in [0.15, 0.2) is 0 Å². The minimum absolute atomic E-state index is 0.779. The van der Waals surface area contributed by atoms with Gasteiger partial charge in [-0.3, -0.25) is 0 Å². The molecule has 0 saturated heterocycles. The molecule has 0 unspecified atom stereocenters. The van der Waals surface area contributed by atoms with Crippen molar-refractivity contribution in [2.75, 3.05) is 26.7 Å². The fraction of sp³-hybridized carbons (Fsp3) is 1.00. The van der Waals surface area contributed by atoms with Gasteiger partial charge in [0.15, 0.2) is 0 Å².